The van der Waals surface area contributed by atoms with Crippen molar-refractivity contribution in [3.63, 3.8) is 0 Å². The average molecular weight is 273 g/mol. The molecule has 1 atom stereocenters. The predicted octanol–water partition coefficient (Wildman–Crippen LogP) is 1.80. The van der Waals surface area contributed by atoms with Gasteiger partial charge in [0.15, 0.2) is 0 Å². The number of hydrogen-bond acceptors (Lipinski definition) is 4. The summed E-state index contributed by atoms with van der Waals surface area (Å²) >= 11 is 3.29. The summed E-state index contributed by atoms with van der Waals surface area (Å²) in [7, 11) is 0. The molecule has 0 amide bonds. The molecule has 0 bridgehead atoms. The van der Waals surface area contributed by atoms with Crippen LogP contribution in [0.3, 0.4) is 0 Å². The van der Waals surface area contributed by atoms with Gasteiger partial charge in [-0.15, -0.1) is 0 Å². The van der Waals surface area contributed by atoms with Crippen molar-refractivity contribution in [3.05, 3.63) is 28.5 Å². The summed E-state index contributed by atoms with van der Waals surface area (Å²) < 4.78 is 5.66. The van der Waals surface area contributed by atoms with Crippen molar-refractivity contribution < 1.29 is 9.53 Å². The lowest BCUT2D eigenvalue weighted by Gasteiger charge is -2.10. The lowest BCUT2D eigenvalue weighted by molar-refractivity contribution is -0.143. The molecular weight excluding hydrogens is 260 g/mol. The van der Waals surface area contributed by atoms with Crippen LogP contribution < -0.4 is 5.73 Å². The molecule has 1 rings (SSSR count). The molecule has 1 heterocycles. The fourth-order valence-corrected chi connectivity index (χ4v) is 1.53. The second-order valence-electron chi connectivity index (χ2n) is 3.05. The lowest BCUT2D eigenvalue weighted by Crippen LogP contribution is -2.17. The fourth-order valence-electron chi connectivity index (χ4n) is 1.15. The molecule has 15 heavy (non-hydrogen) atoms. The van der Waals surface area contributed by atoms with E-state index in [-0.39, 0.29) is 18.4 Å². The third-order valence-corrected chi connectivity index (χ3v) is 2.28. The zero-order valence-corrected chi connectivity index (χ0v) is 10.0. The van der Waals surface area contributed by atoms with Gasteiger partial charge in [-0.25, -0.2) is 0 Å². The molecule has 0 aliphatic carbocycles. The largest absolute Gasteiger partial charge is 0.466 e. The topological polar surface area (TPSA) is 65.2 Å². The van der Waals surface area contributed by atoms with E-state index in [1.54, 1.807) is 19.3 Å². The molecule has 2 N–H and O–H groups in total. The number of pyridine rings is 1. The average Bonchev–Trinajstić information content (AvgIpc) is 2.18. The number of ether oxygens (including phenoxy) is 1. The van der Waals surface area contributed by atoms with Crippen LogP contribution in [0.4, 0.5) is 0 Å². The number of halogens is 1. The number of rotatable bonds is 4. The van der Waals surface area contributed by atoms with Crippen molar-refractivity contribution in [2.75, 3.05) is 6.61 Å². The smallest absolute Gasteiger partial charge is 0.307 e. The van der Waals surface area contributed by atoms with Crippen molar-refractivity contribution in [2.45, 2.75) is 19.4 Å². The molecule has 0 radical (unpaired) electrons. The van der Waals surface area contributed by atoms with E-state index in [2.05, 4.69) is 20.9 Å². The van der Waals surface area contributed by atoms with Gasteiger partial charge in [-0.2, -0.15) is 0 Å². The maximum atomic E-state index is 11.2. The molecule has 4 nitrogen and oxygen atoms in total. The number of hydrogen-bond donors (Lipinski definition) is 1. The monoisotopic (exact) mass is 272 g/mol. The molecule has 0 unspecified atom stereocenters. The SMILES string of the molecule is CCOC(=O)C[C@@H](N)c1cncc(Br)c1. The van der Waals surface area contributed by atoms with Crippen molar-refractivity contribution in [2.24, 2.45) is 5.73 Å². The standard InChI is InChI=1S/C10H13BrN2O2/c1-2-15-10(14)4-9(12)7-3-8(11)6-13-5-7/h3,5-6,9H,2,4,12H2,1H3/t9-/m1/s1. The minimum atomic E-state index is -0.367. The highest BCUT2D eigenvalue weighted by Gasteiger charge is 2.12. The Morgan fingerprint density at radius 1 is 1.67 bits per heavy atom. The van der Waals surface area contributed by atoms with Crippen molar-refractivity contribution >= 4 is 21.9 Å². The fraction of sp³-hybridized carbons (Fsp3) is 0.400. The third-order valence-electron chi connectivity index (χ3n) is 1.85. The summed E-state index contributed by atoms with van der Waals surface area (Å²) in [4.78, 5) is 15.2. The molecule has 0 fully saturated rings. The van der Waals surface area contributed by atoms with Gasteiger partial charge in [-0.3, -0.25) is 9.78 Å². The molecule has 82 valence electrons. The Kier molecular flexibility index (Phi) is 4.71. The second-order valence-corrected chi connectivity index (χ2v) is 3.97. The molecule has 5 heteroatoms. The molecule has 0 spiro atoms. The van der Waals surface area contributed by atoms with E-state index >= 15 is 0 Å². The van der Waals surface area contributed by atoms with E-state index in [0.717, 1.165) is 10.0 Å². The Morgan fingerprint density at radius 2 is 2.40 bits per heavy atom. The molecule has 1 aromatic rings. The predicted molar refractivity (Wildman–Crippen MR) is 60.1 cm³/mol. The number of nitrogens with zero attached hydrogens (tertiary/aromatic N) is 1. The lowest BCUT2D eigenvalue weighted by atomic mass is 10.1. The highest BCUT2D eigenvalue weighted by atomic mass is 79.9. The molecule has 0 aromatic carbocycles. The maximum absolute atomic E-state index is 11.2. The summed E-state index contributed by atoms with van der Waals surface area (Å²) in [5.74, 6) is -0.287. The summed E-state index contributed by atoms with van der Waals surface area (Å²) in [6.07, 6.45) is 3.49. The van der Waals surface area contributed by atoms with Crippen molar-refractivity contribution in [3.8, 4) is 0 Å². The van der Waals surface area contributed by atoms with Crippen LogP contribution in [0.2, 0.25) is 0 Å². The van der Waals surface area contributed by atoms with Crippen LogP contribution in [-0.4, -0.2) is 17.6 Å². The maximum Gasteiger partial charge on any atom is 0.307 e. The molecule has 0 aliphatic heterocycles. The Morgan fingerprint density at radius 3 is 3.00 bits per heavy atom. The van der Waals surface area contributed by atoms with Crippen LogP contribution in [0.15, 0.2) is 22.9 Å². The second kappa shape index (κ2) is 5.82. The van der Waals surface area contributed by atoms with Gasteiger partial charge in [0.25, 0.3) is 0 Å². The van der Waals surface area contributed by atoms with Crippen LogP contribution in [0.1, 0.15) is 24.9 Å². The number of aromatic nitrogens is 1. The Bertz CT molecular complexity index is 344. The van der Waals surface area contributed by atoms with Gasteiger partial charge in [-0.05, 0) is 34.5 Å². The van der Waals surface area contributed by atoms with Crippen LogP contribution in [0, 0.1) is 0 Å². The van der Waals surface area contributed by atoms with Gasteiger partial charge in [0, 0.05) is 22.9 Å². The van der Waals surface area contributed by atoms with Gasteiger partial charge < -0.3 is 10.5 Å². The highest BCUT2D eigenvalue weighted by Crippen LogP contribution is 2.17. The van der Waals surface area contributed by atoms with Crippen LogP contribution in [-0.2, 0) is 9.53 Å². The summed E-state index contributed by atoms with van der Waals surface area (Å²) in [5.41, 5.74) is 6.65. The Hall–Kier alpha value is -0.940. The first-order valence-electron chi connectivity index (χ1n) is 4.65. The molecule has 0 saturated carbocycles. The van der Waals surface area contributed by atoms with E-state index in [4.69, 9.17) is 10.5 Å². The zero-order valence-electron chi connectivity index (χ0n) is 8.44. The third kappa shape index (κ3) is 3.97. The normalized spacial score (nSPS) is 12.2. The number of carbonyl (C=O) groups excluding carboxylic acids is 1. The summed E-state index contributed by atoms with van der Waals surface area (Å²) in [6.45, 7) is 2.15. The number of esters is 1. The first-order valence-corrected chi connectivity index (χ1v) is 5.44. The summed E-state index contributed by atoms with van der Waals surface area (Å²) in [5, 5.41) is 0. The molecular formula is C10H13BrN2O2. The van der Waals surface area contributed by atoms with E-state index in [9.17, 15) is 4.79 Å². The van der Waals surface area contributed by atoms with Gasteiger partial charge in [0.2, 0.25) is 0 Å². The van der Waals surface area contributed by atoms with E-state index in [0.29, 0.717) is 6.61 Å². The highest BCUT2D eigenvalue weighted by molar-refractivity contribution is 9.10. The zero-order chi connectivity index (χ0) is 11.3. The molecule has 0 saturated heterocycles. The van der Waals surface area contributed by atoms with Gasteiger partial charge in [0.05, 0.1) is 13.0 Å². The van der Waals surface area contributed by atoms with Crippen LogP contribution in [0.25, 0.3) is 0 Å². The van der Waals surface area contributed by atoms with Crippen molar-refractivity contribution in [1.29, 1.82) is 0 Å². The van der Waals surface area contributed by atoms with Crippen molar-refractivity contribution in [1.82, 2.24) is 4.98 Å². The Labute approximate surface area is 97.0 Å². The molecule has 1 aromatic heterocycles. The minimum absolute atomic E-state index is 0.173. The first-order chi connectivity index (χ1) is 7.13. The first kappa shape index (κ1) is 12.1. The minimum Gasteiger partial charge on any atom is -0.466 e. The van der Waals surface area contributed by atoms with E-state index < -0.39 is 0 Å². The number of carbonyl (C=O) groups is 1. The molecule has 0 aliphatic rings. The van der Waals surface area contributed by atoms with Gasteiger partial charge in [-0.1, -0.05) is 0 Å². The van der Waals surface area contributed by atoms with Gasteiger partial charge >= 0.3 is 5.97 Å². The number of nitrogens with two attached hydrogens (primary N) is 1. The van der Waals surface area contributed by atoms with Gasteiger partial charge in [0.1, 0.15) is 0 Å². The van der Waals surface area contributed by atoms with Crippen LogP contribution >= 0.6 is 15.9 Å². The van der Waals surface area contributed by atoms with Crippen LogP contribution in [0.5, 0.6) is 0 Å². The summed E-state index contributed by atoms with van der Waals surface area (Å²) in [6, 6.07) is 1.48. The quantitative estimate of drug-likeness (QED) is 0.849. The van der Waals surface area contributed by atoms with E-state index in [1.165, 1.54) is 0 Å². The van der Waals surface area contributed by atoms with E-state index in [1.807, 2.05) is 6.07 Å². The Balaban J connectivity index is 2.60.